The van der Waals surface area contributed by atoms with Crippen LogP contribution >= 0.6 is 11.8 Å². The van der Waals surface area contributed by atoms with E-state index in [4.69, 9.17) is 0 Å². The van der Waals surface area contributed by atoms with Gasteiger partial charge in [-0.3, -0.25) is 4.99 Å². The molecule has 15 heavy (non-hydrogen) atoms. The van der Waals surface area contributed by atoms with Crippen LogP contribution in [0.5, 0.6) is 0 Å². The van der Waals surface area contributed by atoms with E-state index in [9.17, 15) is 0 Å². The predicted molar refractivity (Wildman–Crippen MR) is 68.3 cm³/mol. The van der Waals surface area contributed by atoms with Crippen LogP contribution in [0.2, 0.25) is 0 Å². The summed E-state index contributed by atoms with van der Waals surface area (Å²) >= 11 is 1.88. The average Bonchev–Trinajstić information content (AvgIpc) is 2.77. The lowest BCUT2D eigenvalue weighted by Crippen LogP contribution is -2.23. The van der Waals surface area contributed by atoms with Gasteiger partial charge in [-0.25, -0.2) is 0 Å². The van der Waals surface area contributed by atoms with Gasteiger partial charge in [0.05, 0.1) is 6.04 Å². The summed E-state index contributed by atoms with van der Waals surface area (Å²) in [6, 6.07) is 0.364. The van der Waals surface area contributed by atoms with Gasteiger partial charge >= 0.3 is 0 Å². The van der Waals surface area contributed by atoms with Crippen LogP contribution in [0.4, 0.5) is 0 Å². The van der Waals surface area contributed by atoms with Gasteiger partial charge in [-0.15, -0.1) is 0 Å². The lowest BCUT2D eigenvalue weighted by Gasteiger charge is -2.09. The summed E-state index contributed by atoms with van der Waals surface area (Å²) in [6.45, 7) is 4.25. The fourth-order valence-electron chi connectivity index (χ4n) is 1.67. The van der Waals surface area contributed by atoms with Crippen LogP contribution in [0, 0.1) is 0 Å². The Morgan fingerprint density at radius 1 is 1.33 bits per heavy atom. The Bertz CT molecular complexity index is 329. The first-order chi connectivity index (χ1) is 7.40. The number of hydrogen-bond acceptors (Lipinski definition) is 3. The molecule has 0 aromatic carbocycles. The molecule has 2 aliphatic rings. The van der Waals surface area contributed by atoms with Crippen LogP contribution in [0.3, 0.4) is 0 Å². The third kappa shape index (κ3) is 2.75. The van der Waals surface area contributed by atoms with Crippen molar-refractivity contribution in [2.45, 2.75) is 13.0 Å². The van der Waals surface area contributed by atoms with E-state index in [2.05, 4.69) is 28.1 Å². The fraction of sp³-hybridized carbons (Fsp3) is 0.417. The molecule has 1 fully saturated rings. The van der Waals surface area contributed by atoms with E-state index >= 15 is 0 Å². The first-order valence-electron chi connectivity index (χ1n) is 5.32. The molecule has 1 atom stereocenters. The molecule has 2 nitrogen and oxygen atoms in total. The molecule has 0 bridgehead atoms. The Hall–Kier alpha value is -0.960. The number of aliphatic imine (C=N–C) groups is 1. The molecule has 0 radical (unpaired) electrons. The monoisotopic (exact) mass is 220 g/mol. The second-order valence-electron chi connectivity index (χ2n) is 3.57. The molecule has 80 valence electrons. The van der Waals surface area contributed by atoms with Crippen LogP contribution in [-0.4, -0.2) is 35.0 Å². The maximum atomic E-state index is 4.63. The Kier molecular flexibility index (Phi) is 3.67. The summed E-state index contributed by atoms with van der Waals surface area (Å²) in [7, 11) is 0. The molecule has 2 heterocycles. The predicted octanol–water partition coefficient (Wildman–Crippen LogP) is 2.46. The first-order valence-corrected chi connectivity index (χ1v) is 6.30. The largest absolute Gasteiger partial charge is 0.348 e. The Morgan fingerprint density at radius 2 is 2.20 bits per heavy atom. The highest BCUT2D eigenvalue weighted by Gasteiger charge is 2.27. The molecule has 0 amide bonds. The van der Waals surface area contributed by atoms with Gasteiger partial charge < -0.3 is 4.90 Å². The maximum absolute atomic E-state index is 4.63. The smallest absolute Gasteiger partial charge is 0.160 e. The summed E-state index contributed by atoms with van der Waals surface area (Å²) in [5.74, 6) is 1.20. The van der Waals surface area contributed by atoms with Crippen LogP contribution in [0.15, 0.2) is 41.4 Å². The molecule has 0 saturated carbocycles. The van der Waals surface area contributed by atoms with Crippen molar-refractivity contribution in [2.75, 3.05) is 18.8 Å². The molecule has 0 aromatic heterocycles. The number of fused-ring (bicyclic) bond motifs is 1. The van der Waals surface area contributed by atoms with E-state index in [0.717, 1.165) is 6.54 Å². The summed E-state index contributed by atoms with van der Waals surface area (Å²) in [4.78, 5) is 7.01. The van der Waals surface area contributed by atoms with E-state index in [-0.39, 0.29) is 0 Å². The Balaban J connectivity index is 1.84. The standard InChI is InChI=1S/C12H16N2S/c1-2-3-4-5-6-7-11-10-14-8-9-15-12(14)13-11/h2-7,11H,8-10H2,1H3/b3-2-,5-4-,7-6+/t11-/m0/s1. The molecule has 0 spiro atoms. The van der Waals surface area contributed by atoms with E-state index < -0.39 is 0 Å². The lowest BCUT2D eigenvalue weighted by atomic mass is 10.2. The maximum Gasteiger partial charge on any atom is 0.160 e. The highest BCUT2D eigenvalue weighted by Crippen LogP contribution is 2.24. The molecular weight excluding hydrogens is 204 g/mol. The summed E-state index contributed by atoms with van der Waals surface area (Å²) in [5, 5.41) is 1.24. The van der Waals surface area contributed by atoms with Gasteiger partial charge in [0, 0.05) is 18.8 Å². The zero-order chi connectivity index (χ0) is 10.5. The second-order valence-corrected chi connectivity index (χ2v) is 4.63. The van der Waals surface area contributed by atoms with E-state index in [1.165, 1.54) is 17.5 Å². The van der Waals surface area contributed by atoms with Crippen LogP contribution < -0.4 is 0 Å². The Labute approximate surface area is 95.5 Å². The topological polar surface area (TPSA) is 15.6 Å². The van der Waals surface area contributed by atoms with Crippen molar-refractivity contribution >= 4 is 16.9 Å². The molecule has 2 rings (SSSR count). The first kappa shape index (κ1) is 10.6. The van der Waals surface area contributed by atoms with E-state index in [0.29, 0.717) is 6.04 Å². The van der Waals surface area contributed by atoms with E-state index in [1.807, 2.05) is 36.9 Å². The third-order valence-electron chi connectivity index (χ3n) is 2.41. The van der Waals surface area contributed by atoms with Crippen LogP contribution in [0.25, 0.3) is 0 Å². The fourth-order valence-corrected chi connectivity index (χ4v) is 2.72. The van der Waals surface area contributed by atoms with E-state index in [1.54, 1.807) is 0 Å². The molecule has 3 heteroatoms. The number of rotatable bonds is 3. The number of amidine groups is 1. The number of nitrogens with zero attached hydrogens (tertiary/aromatic N) is 2. The number of thioether (sulfide) groups is 1. The average molecular weight is 220 g/mol. The number of allylic oxidation sites excluding steroid dienone is 5. The Morgan fingerprint density at radius 3 is 3.00 bits per heavy atom. The van der Waals surface area contributed by atoms with Crippen molar-refractivity contribution in [3.63, 3.8) is 0 Å². The van der Waals surface area contributed by atoms with Crippen molar-refractivity contribution < 1.29 is 0 Å². The van der Waals surface area contributed by atoms with Gasteiger partial charge in [0.2, 0.25) is 0 Å². The van der Waals surface area contributed by atoms with Crippen molar-refractivity contribution in [3.8, 4) is 0 Å². The van der Waals surface area contributed by atoms with Crippen molar-refractivity contribution in [2.24, 2.45) is 4.99 Å². The minimum atomic E-state index is 0.364. The summed E-state index contributed by atoms with van der Waals surface area (Å²) < 4.78 is 0. The SMILES string of the molecule is C\C=C/C=C\C=C\[C@H]1CN2CCSC2=N1. The van der Waals surface area contributed by atoms with Crippen molar-refractivity contribution in [1.82, 2.24) is 4.90 Å². The zero-order valence-electron chi connectivity index (χ0n) is 8.97. The number of hydrogen-bond donors (Lipinski definition) is 0. The van der Waals surface area contributed by atoms with Gasteiger partial charge in [-0.1, -0.05) is 48.2 Å². The van der Waals surface area contributed by atoms with Gasteiger partial charge in [0.1, 0.15) is 0 Å². The second kappa shape index (κ2) is 5.21. The van der Waals surface area contributed by atoms with Crippen molar-refractivity contribution in [1.29, 1.82) is 0 Å². The highest BCUT2D eigenvalue weighted by molar-refractivity contribution is 8.14. The third-order valence-corrected chi connectivity index (χ3v) is 3.41. The molecule has 0 aromatic rings. The summed E-state index contributed by atoms with van der Waals surface area (Å²) in [5.41, 5.74) is 0. The molecule has 0 aliphatic carbocycles. The molecule has 2 aliphatic heterocycles. The van der Waals surface area contributed by atoms with Crippen molar-refractivity contribution in [3.05, 3.63) is 36.5 Å². The van der Waals surface area contributed by atoms with Gasteiger partial charge in [0.25, 0.3) is 0 Å². The minimum absolute atomic E-state index is 0.364. The molecule has 0 unspecified atom stereocenters. The molecular formula is C12H16N2S. The van der Waals surface area contributed by atoms with Gasteiger partial charge in [0.15, 0.2) is 5.17 Å². The van der Waals surface area contributed by atoms with Crippen LogP contribution in [-0.2, 0) is 0 Å². The quantitative estimate of drug-likeness (QED) is 0.679. The molecule has 0 N–H and O–H groups in total. The lowest BCUT2D eigenvalue weighted by molar-refractivity contribution is 0.482. The molecule has 1 saturated heterocycles. The van der Waals surface area contributed by atoms with Gasteiger partial charge in [-0.2, -0.15) is 0 Å². The minimum Gasteiger partial charge on any atom is -0.348 e. The van der Waals surface area contributed by atoms with Gasteiger partial charge in [-0.05, 0) is 6.92 Å². The zero-order valence-corrected chi connectivity index (χ0v) is 9.78. The summed E-state index contributed by atoms with van der Waals surface area (Å²) in [6.07, 6.45) is 12.4. The van der Waals surface area contributed by atoms with Crippen LogP contribution in [0.1, 0.15) is 6.92 Å². The normalized spacial score (nSPS) is 26.1. The highest BCUT2D eigenvalue weighted by atomic mass is 32.2.